The lowest BCUT2D eigenvalue weighted by Gasteiger charge is -2.10. The zero-order valence-electron chi connectivity index (χ0n) is 11.8. The first-order valence-corrected chi connectivity index (χ1v) is 8.63. The van der Waals surface area contributed by atoms with Crippen LogP contribution in [0.1, 0.15) is 15.9 Å². The Kier molecular flexibility index (Phi) is 5.03. The number of rotatable bonds is 6. The van der Waals surface area contributed by atoms with Crippen molar-refractivity contribution in [2.45, 2.75) is 6.92 Å². The van der Waals surface area contributed by atoms with Crippen LogP contribution in [0.25, 0.3) is 0 Å². The van der Waals surface area contributed by atoms with Gasteiger partial charge in [-0.05, 0) is 24.6 Å². The molecular formula is C12H12N4O5S2. The van der Waals surface area contributed by atoms with Gasteiger partial charge in [0.05, 0.1) is 5.56 Å². The zero-order valence-corrected chi connectivity index (χ0v) is 13.4. The number of azo groups is 1. The Morgan fingerprint density at radius 2 is 2.13 bits per heavy atom. The van der Waals surface area contributed by atoms with E-state index in [0.29, 0.717) is 10.7 Å². The standard InChI is InChI=1S/C12H12N4O5S2/c1-7-4-10(15-16-12-13-2-3-22-12)8(11(17)18)5-9(7)14-6-23(19,20)21/h2-5,14H,6H2,1H3,(H,17,18)(H,19,20,21). The van der Waals surface area contributed by atoms with Crippen molar-refractivity contribution >= 4 is 43.9 Å². The minimum absolute atomic E-state index is 0.114. The Bertz CT molecular complexity index is 847. The molecule has 0 radical (unpaired) electrons. The molecular weight excluding hydrogens is 344 g/mol. The fraction of sp³-hybridized carbons (Fsp3) is 0.167. The second-order valence-corrected chi connectivity index (χ2v) is 6.73. The Balaban J connectivity index is 2.36. The van der Waals surface area contributed by atoms with Gasteiger partial charge in [0.2, 0.25) is 5.13 Å². The molecule has 2 rings (SSSR count). The summed E-state index contributed by atoms with van der Waals surface area (Å²) in [6, 6.07) is 2.69. The van der Waals surface area contributed by atoms with E-state index in [1.807, 2.05) is 0 Å². The summed E-state index contributed by atoms with van der Waals surface area (Å²) in [6.45, 7) is 1.64. The molecule has 0 aliphatic rings. The maximum atomic E-state index is 11.3. The summed E-state index contributed by atoms with van der Waals surface area (Å²) in [5.74, 6) is -1.97. The van der Waals surface area contributed by atoms with Crippen LogP contribution in [-0.4, -0.2) is 34.9 Å². The summed E-state index contributed by atoms with van der Waals surface area (Å²) < 4.78 is 30.3. The number of aromatic nitrogens is 1. The minimum atomic E-state index is -4.23. The van der Waals surface area contributed by atoms with Gasteiger partial charge in [-0.3, -0.25) is 4.55 Å². The number of anilines is 1. The highest BCUT2D eigenvalue weighted by atomic mass is 32.2. The van der Waals surface area contributed by atoms with Gasteiger partial charge in [0.1, 0.15) is 11.6 Å². The summed E-state index contributed by atoms with van der Waals surface area (Å²) in [6.07, 6.45) is 1.55. The smallest absolute Gasteiger partial charge is 0.338 e. The van der Waals surface area contributed by atoms with Crippen LogP contribution in [-0.2, 0) is 10.1 Å². The Morgan fingerprint density at radius 3 is 2.70 bits per heavy atom. The van der Waals surface area contributed by atoms with Crippen LogP contribution in [0, 0.1) is 6.92 Å². The van der Waals surface area contributed by atoms with Crippen LogP contribution in [0.15, 0.2) is 33.9 Å². The summed E-state index contributed by atoms with van der Waals surface area (Å²) in [5.41, 5.74) is 0.760. The molecule has 0 saturated carbocycles. The zero-order chi connectivity index (χ0) is 17.0. The molecule has 11 heteroatoms. The molecule has 0 unspecified atom stereocenters. The molecule has 0 spiro atoms. The van der Waals surface area contributed by atoms with Crippen LogP contribution in [0.5, 0.6) is 0 Å². The Morgan fingerprint density at radius 1 is 1.39 bits per heavy atom. The lowest BCUT2D eigenvalue weighted by atomic mass is 10.1. The van der Waals surface area contributed by atoms with E-state index in [4.69, 9.17) is 4.55 Å². The average molecular weight is 356 g/mol. The molecule has 2 aromatic rings. The van der Waals surface area contributed by atoms with Crippen LogP contribution in [0.3, 0.4) is 0 Å². The van der Waals surface area contributed by atoms with Gasteiger partial charge in [-0.15, -0.1) is 21.6 Å². The van der Waals surface area contributed by atoms with E-state index >= 15 is 0 Å². The highest BCUT2D eigenvalue weighted by Crippen LogP contribution is 2.29. The number of thiazole rings is 1. The average Bonchev–Trinajstić information content (AvgIpc) is 2.95. The summed E-state index contributed by atoms with van der Waals surface area (Å²) >= 11 is 1.25. The predicted molar refractivity (Wildman–Crippen MR) is 84.5 cm³/mol. The lowest BCUT2D eigenvalue weighted by Crippen LogP contribution is -2.14. The van der Waals surface area contributed by atoms with Gasteiger partial charge in [0, 0.05) is 17.3 Å². The van der Waals surface area contributed by atoms with Gasteiger partial charge in [-0.2, -0.15) is 8.42 Å². The van der Waals surface area contributed by atoms with E-state index in [1.54, 1.807) is 18.5 Å². The quantitative estimate of drug-likeness (QED) is 0.533. The fourth-order valence-electron chi connectivity index (χ4n) is 1.67. The number of hydrogen-bond donors (Lipinski definition) is 3. The first kappa shape index (κ1) is 17.0. The van der Waals surface area contributed by atoms with Crippen LogP contribution < -0.4 is 5.32 Å². The van der Waals surface area contributed by atoms with Crippen LogP contribution in [0.2, 0.25) is 0 Å². The van der Waals surface area contributed by atoms with E-state index in [2.05, 4.69) is 20.5 Å². The molecule has 0 saturated heterocycles. The number of carboxylic acid groups (broad SMARTS) is 1. The molecule has 23 heavy (non-hydrogen) atoms. The van der Waals surface area contributed by atoms with Crippen molar-refractivity contribution < 1.29 is 22.9 Å². The minimum Gasteiger partial charge on any atom is -0.478 e. The first-order chi connectivity index (χ1) is 10.8. The molecule has 3 N–H and O–H groups in total. The first-order valence-electron chi connectivity index (χ1n) is 6.14. The van der Waals surface area contributed by atoms with Crippen molar-refractivity contribution in [3.05, 3.63) is 34.8 Å². The normalized spacial score (nSPS) is 11.7. The van der Waals surface area contributed by atoms with Crippen molar-refractivity contribution in [1.82, 2.24) is 4.98 Å². The molecule has 1 aromatic heterocycles. The largest absolute Gasteiger partial charge is 0.478 e. The molecule has 122 valence electrons. The molecule has 0 aliphatic heterocycles. The second-order valence-electron chi connectivity index (χ2n) is 4.41. The number of hydrogen-bond acceptors (Lipinski definition) is 8. The number of nitrogens with zero attached hydrogens (tertiary/aromatic N) is 3. The molecule has 0 amide bonds. The van der Waals surface area contributed by atoms with Gasteiger partial charge in [0.25, 0.3) is 10.1 Å². The summed E-state index contributed by atoms with van der Waals surface area (Å²) in [4.78, 5) is 15.2. The molecule has 0 fully saturated rings. The SMILES string of the molecule is Cc1cc(N=Nc2nccs2)c(C(=O)O)cc1NCS(=O)(=O)O. The van der Waals surface area contributed by atoms with E-state index in [1.165, 1.54) is 23.5 Å². The number of aromatic carboxylic acids is 1. The fourth-order valence-corrected chi connectivity index (χ4v) is 2.46. The highest BCUT2D eigenvalue weighted by Gasteiger charge is 2.15. The van der Waals surface area contributed by atoms with E-state index < -0.39 is 22.0 Å². The molecule has 1 heterocycles. The van der Waals surface area contributed by atoms with E-state index in [-0.39, 0.29) is 16.9 Å². The van der Waals surface area contributed by atoms with Gasteiger partial charge >= 0.3 is 5.97 Å². The van der Waals surface area contributed by atoms with Crippen molar-refractivity contribution in [3.8, 4) is 0 Å². The van der Waals surface area contributed by atoms with E-state index in [0.717, 1.165) is 0 Å². The number of carbonyl (C=O) groups is 1. The Labute approximate surface area is 135 Å². The van der Waals surface area contributed by atoms with Gasteiger partial charge in [-0.25, -0.2) is 9.78 Å². The topological polar surface area (TPSA) is 141 Å². The number of aryl methyl sites for hydroxylation is 1. The number of nitrogens with one attached hydrogen (secondary N) is 1. The molecule has 1 aromatic carbocycles. The third-order valence-electron chi connectivity index (χ3n) is 2.68. The van der Waals surface area contributed by atoms with Crippen molar-refractivity contribution in [1.29, 1.82) is 0 Å². The number of carboxylic acids is 1. The van der Waals surface area contributed by atoms with Gasteiger partial charge in [0.15, 0.2) is 0 Å². The van der Waals surface area contributed by atoms with Crippen LogP contribution >= 0.6 is 11.3 Å². The molecule has 9 nitrogen and oxygen atoms in total. The molecule has 0 bridgehead atoms. The van der Waals surface area contributed by atoms with Crippen molar-refractivity contribution in [3.63, 3.8) is 0 Å². The maximum absolute atomic E-state index is 11.3. The molecule has 0 aliphatic carbocycles. The van der Waals surface area contributed by atoms with Crippen molar-refractivity contribution in [2.24, 2.45) is 10.2 Å². The monoisotopic (exact) mass is 356 g/mol. The summed E-state index contributed by atoms with van der Waals surface area (Å²) in [7, 11) is -4.23. The van der Waals surface area contributed by atoms with Crippen LogP contribution in [0.4, 0.5) is 16.5 Å². The second kappa shape index (κ2) is 6.81. The highest BCUT2D eigenvalue weighted by molar-refractivity contribution is 7.85. The maximum Gasteiger partial charge on any atom is 0.338 e. The van der Waals surface area contributed by atoms with E-state index in [9.17, 15) is 18.3 Å². The number of benzene rings is 1. The lowest BCUT2D eigenvalue weighted by molar-refractivity contribution is 0.0698. The third kappa shape index (κ3) is 4.81. The predicted octanol–water partition coefficient (Wildman–Crippen LogP) is 2.82. The molecule has 0 atom stereocenters. The van der Waals surface area contributed by atoms with Gasteiger partial charge in [-0.1, -0.05) is 0 Å². The Hall–Kier alpha value is -2.37. The summed E-state index contributed by atoms with van der Waals surface area (Å²) in [5, 5.41) is 21.5. The third-order valence-corrected chi connectivity index (χ3v) is 3.85. The van der Waals surface area contributed by atoms with Gasteiger partial charge < -0.3 is 10.4 Å². The van der Waals surface area contributed by atoms with Crippen molar-refractivity contribution in [2.75, 3.05) is 11.2 Å².